The van der Waals surface area contributed by atoms with E-state index in [1.54, 1.807) is 12.1 Å². The van der Waals surface area contributed by atoms with Gasteiger partial charge >= 0.3 is 0 Å². The molecule has 0 aliphatic carbocycles. The van der Waals surface area contributed by atoms with Crippen LogP contribution in [0, 0.1) is 5.82 Å². The topological polar surface area (TPSA) is 3.24 Å². The number of halogens is 1. The maximum atomic E-state index is 13.8. The standard InChI is InChI=1S/C17H18FN/c18-17-9-5-4-8-16(17)15-10-11-19(13-15)12-14-6-2-1-3-7-14/h1-9,15H,10-13H2. The van der Waals surface area contributed by atoms with E-state index >= 15 is 0 Å². The molecule has 0 radical (unpaired) electrons. The highest BCUT2D eigenvalue weighted by Gasteiger charge is 2.25. The van der Waals surface area contributed by atoms with E-state index in [0.29, 0.717) is 5.92 Å². The Morgan fingerprint density at radius 3 is 2.53 bits per heavy atom. The van der Waals surface area contributed by atoms with Gasteiger partial charge in [0.25, 0.3) is 0 Å². The zero-order valence-electron chi connectivity index (χ0n) is 10.9. The Bertz CT molecular complexity index is 538. The Balaban J connectivity index is 1.66. The summed E-state index contributed by atoms with van der Waals surface area (Å²) in [6.07, 6.45) is 1.05. The van der Waals surface area contributed by atoms with Gasteiger partial charge in [0.2, 0.25) is 0 Å². The first-order valence-electron chi connectivity index (χ1n) is 6.83. The lowest BCUT2D eigenvalue weighted by Crippen LogP contribution is -2.19. The summed E-state index contributed by atoms with van der Waals surface area (Å²) in [5, 5.41) is 0. The minimum atomic E-state index is -0.0611. The van der Waals surface area contributed by atoms with Crippen molar-refractivity contribution in [1.29, 1.82) is 0 Å². The lowest BCUT2D eigenvalue weighted by molar-refractivity contribution is 0.326. The lowest BCUT2D eigenvalue weighted by atomic mass is 9.98. The van der Waals surface area contributed by atoms with Gasteiger partial charge in [0.15, 0.2) is 0 Å². The first-order chi connectivity index (χ1) is 9.33. The first-order valence-corrected chi connectivity index (χ1v) is 6.83. The molecule has 1 aliphatic rings. The SMILES string of the molecule is Fc1ccccc1C1CCN(Cc2ccccc2)C1. The summed E-state index contributed by atoms with van der Waals surface area (Å²) < 4.78 is 13.8. The fourth-order valence-corrected chi connectivity index (χ4v) is 2.88. The molecule has 3 rings (SSSR count). The van der Waals surface area contributed by atoms with Crippen molar-refractivity contribution in [2.24, 2.45) is 0 Å². The zero-order valence-corrected chi connectivity index (χ0v) is 10.9. The second-order valence-electron chi connectivity index (χ2n) is 5.23. The van der Waals surface area contributed by atoms with Crippen LogP contribution in [0.5, 0.6) is 0 Å². The van der Waals surface area contributed by atoms with Crippen LogP contribution in [0.3, 0.4) is 0 Å². The van der Waals surface area contributed by atoms with Gasteiger partial charge in [0.05, 0.1) is 0 Å². The molecular formula is C17H18FN. The van der Waals surface area contributed by atoms with Crippen molar-refractivity contribution in [3.8, 4) is 0 Å². The minimum Gasteiger partial charge on any atom is -0.298 e. The van der Waals surface area contributed by atoms with Gasteiger partial charge in [-0.25, -0.2) is 4.39 Å². The van der Waals surface area contributed by atoms with E-state index in [1.165, 1.54) is 5.56 Å². The molecule has 2 aromatic carbocycles. The summed E-state index contributed by atoms with van der Waals surface area (Å²) in [7, 11) is 0. The average molecular weight is 255 g/mol. The molecule has 2 aromatic rings. The van der Waals surface area contributed by atoms with E-state index in [2.05, 4.69) is 29.2 Å². The summed E-state index contributed by atoms with van der Waals surface area (Å²) >= 11 is 0. The minimum absolute atomic E-state index is 0.0611. The summed E-state index contributed by atoms with van der Waals surface area (Å²) in [5.41, 5.74) is 2.20. The van der Waals surface area contributed by atoms with Crippen LogP contribution in [0.2, 0.25) is 0 Å². The fraction of sp³-hybridized carbons (Fsp3) is 0.294. The number of hydrogen-bond donors (Lipinski definition) is 0. The van der Waals surface area contributed by atoms with Gasteiger partial charge in [0.1, 0.15) is 5.82 Å². The molecule has 0 N–H and O–H groups in total. The van der Waals surface area contributed by atoms with Crippen molar-refractivity contribution in [2.75, 3.05) is 13.1 Å². The Morgan fingerprint density at radius 2 is 1.74 bits per heavy atom. The Kier molecular flexibility index (Phi) is 3.60. The maximum absolute atomic E-state index is 13.8. The second kappa shape index (κ2) is 5.54. The van der Waals surface area contributed by atoms with Crippen molar-refractivity contribution in [2.45, 2.75) is 18.9 Å². The predicted molar refractivity (Wildman–Crippen MR) is 75.5 cm³/mol. The van der Waals surface area contributed by atoms with Crippen molar-refractivity contribution < 1.29 is 4.39 Å². The molecule has 1 atom stereocenters. The first kappa shape index (κ1) is 12.4. The number of nitrogens with zero attached hydrogens (tertiary/aromatic N) is 1. The molecule has 1 nitrogen and oxygen atoms in total. The lowest BCUT2D eigenvalue weighted by Gasteiger charge is -2.16. The zero-order chi connectivity index (χ0) is 13.1. The molecule has 0 saturated carbocycles. The van der Waals surface area contributed by atoms with Crippen LogP contribution in [0.25, 0.3) is 0 Å². The third-order valence-corrected chi connectivity index (χ3v) is 3.87. The summed E-state index contributed by atoms with van der Waals surface area (Å²) in [6, 6.07) is 17.6. The van der Waals surface area contributed by atoms with Crippen molar-refractivity contribution in [3.05, 3.63) is 71.5 Å². The molecule has 0 spiro atoms. The predicted octanol–water partition coefficient (Wildman–Crippen LogP) is 3.82. The molecule has 1 heterocycles. The van der Waals surface area contributed by atoms with E-state index < -0.39 is 0 Å². The molecule has 1 unspecified atom stereocenters. The van der Waals surface area contributed by atoms with E-state index in [0.717, 1.165) is 31.6 Å². The molecule has 0 bridgehead atoms. The maximum Gasteiger partial charge on any atom is 0.126 e. The molecule has 1 fully saturated rings. The summed E-state index contributed by atoms with van der Waals surface area (Å²) in [4.78, 5) is 2.41. The Hall–Kier alpha value is -1.67. The molecular weight excluding hydrogens is 237 g/mol. The van der Waals surface area contributed by atoms with Crippen molar-refractivity contribution >= 4 is 0 Å². The number of hydrogen-bond acceptors (Lipinski definition) is 1. The molecule has 98 valence electrons. The normalized spacial score (nSPS) is 19.7. The van der Waals surface area contributed by atoms with Crippen LogP contribution in [-0.4, -0.2) is 18.0 Å². The van der Waals surface area contributed by atoms with Crippen LogP contribution >= 0.6 is 0 Å². The molecule has 1 saturated heterocycles. The third-order valence-electron chi connectivity index (χ3n) is 3.87. The van der Waals surface area contributed by atoms with Gasteiger partial charge in [-0.2, -0.15) is 0 Å². The molecule has 0 amide bonds. The molecule has 19 heavy (non-hydrogen) atoms. The second-order valence-corrected chi connectivity index (χ2v) is 5.23. The monoisotopic (exact) mass is 255 g/mol. The van der Waals surface area contributed by atoms with Gasteiger partial charge in [-0.05, 0) is 30.2 Å². The van der Waals surface area contributed by atoms with E-state index in [1.807, 2.05) is 18.2 Å². The van der Waals surface area contributed by atoms with E-state index in [4.69, 9.17) is 0 Å². The van der Waals surface area contributed by atoms with Crippen LogP contribution in [0.1, 0.15) is 23.5 Å². The van der Waals surface area contributed by atoms with Crippen molar-refractivity contribution in [1.82, 2.24) is 4.90 Å². The van der Waals surface area contributed by atoms with Crippen LogP contribution in [-0.2, 0) is 6.54 Å². The number of likely N-dealkylation sites (tertiary alicyclic amines) is 1. The quantitative estimate of drug-likeness (QED) is 0.806. The van der Waals surface area contributed by atoms with Crippen molar-refractivity contribution in [3.63, 3.8) is 0 Å². The van der Waals surface area contributed by atoms with Crippen LogP contribution in [0.15, 0.2) is 54.6 Å². The van der Waals surface area contributed by atoms with E-state index in [9.17, 15) is 4.39 Å². The van der Waals surface area contributed by atoms with Gasteiger partial charge < -0.3 is 0 Å². The molecule has 1 aliphatic heterocycles. The van der Waals surface area contributed by atoms with E-state index in [-0.39, 0.29) is 5.82 Å². The third kappa shape index (κ3) is 2.85. The number of rotatable bonds is 3. The fourth-order valence-electron chi connectivity index (χ4n) is 2.88. The smallest absolute Gasteiger partial charge is 0.126 e. The molecule has 2 heteroatoms. The highest BCUT2D eigenvalue weighted by molar-refractivity contribution is 5.23. The Labute approximate surface area is 113 Å². The summed E-state index contributed by atoms with van der Waals surface area (Å²) in [6.45, 7) is 2.97. The Morgan fingerprint density at radius 1 is 1.00 bits per heavy atom. The van der Waals surface area contributed by atoms with Gasteiger partial charge in [-0.3, -0.25) is 4.90 Å². The highest BCUT2D eigenvalue weighted by atomic mass is 19.1. The van der Waals surface area contributed by atoms with Crippen LogP contribution in [0.4, 0.5) is 4.39 Å². The van der Waals surface area contributed by atoms with Gasteiger partial charge in [-0.15, -0.1) is 0 Å². The molecule has 0 aromatic heterocycles. The average Bonchev–Trinajstić information content (AvgIpc) is 2.89. The van der Waals surface area contributed by atoms with Gasteiger partial charge in [-0.1, -0.05) is 48.5 Å². The largest absolute Gasteiger partial charge is 0.298 e. The highest BCUT2D eigenvalue weighted by Crippen LogP contribution is 2.29. The summed E-state index contributed by atoms with van der Waals surface area (Å²) in [5.74, 6) is 0.277. The van der Waals surface area contributed by atoms with Crippen LogP contribution < -0.4 is 0 Å². The van der Waals surface area contributed by atoms with Gasteiger partial charge in [0, 0.05) is 19.0 Å². The number of benzene rings is 2.